The average molecular weight is 296 g/mol. The molecule has 0 heterocycles. The highest BCUT2D eigenvalue weighted by Gasteiger charge is 2.12. The molecule has 8 nitrogen and oxygen atoms in total. The summed E-state index contributed by atoms with van der Waals surface area (Å²) in [6.07, 6.45) is 0. The van der Waals surface area contributed by atoms with E-state index in [0.29, 0.717) is 11.1 Å². The zero-order valence-electron chi connectivity index (χ0n) is 9.50. The lowest BCUT2D eigenvalue weighted by atomic mass is 10.1. The minimum Gasteiger partial charge on any atom is -0.269 e. The van der Waals surface area contributed by atoms with Crippen LogP contribution in [0.3, 0.4) is 0 Å². The Kier molecular flexibility index (Phi) is 3.86. The summed E-state index contributed by atoms with van der Waals surface area (Å²) in [5.41, 5.74) is 0.945. The van der Waals surface area contributed by atoms with Crippen molar-refractivity contribution in [3.05, 3.63) is 23.3 Å². The van der Waals surface area contributed by atoms with E-state index >= 15 is 0 Å². The number of anilines is 2. The standard InChI is InChI=1S/C8H12N2O6S2/c1-5-3-8(10-18(14,15)16)6(2)4-7(5)9-17(11,12)13/h3-4,9-10H,1-2H3,(H,11,12,13)(H,14,15,16). The third kappa shape index (κ3) is 4.49. The van der Waals surface area contributed by atoms with E-state index in [4.69, 9.17) is 9.11 Å². The van der Waals surface area contributed by atoms with Gasteiger partial charge in [-0.05, 0) is 37.1 Å². The number of hydrogen-bond donors (Lipinski definition) is 4. The monoisotopic (exact) mass is 296 g/mol. The molecular formula is C8H12N2O6S2. The molecule has 0 radical (unpaired) electrons. The first-order chi connectivity index (χ1) is 7.98. The normalized spacial score (nSPS) is 12.2. The molecule has 10 heteroatoms. The maximum atomic E-state index is 10.7. The Morgan fingerprint density at radius 2 is 1.11 bits per heavy atom. The van der Waals surface area contributed by atoms with Crippen LogP contribution in [0.15, 0.2) is 12.1 Å². The third-order valence-electron chi connectivity index (χ3n) is 2.05. The summed E-state index contributed by atoms with van der Waals surface area (Å²) >= 11 is 0. The van der Waals surface area contributed by atoms with Gasteiger partial charge >= 0.3 is 20.6 Å². The first-order valence-electron chi connectivity index (χ1n) is 4.59. The van der Waals surface area contributed by atoms with Gasteiger partial charge in [0.2, 0.25) is 0 Å². The fourth-order valence-electron chi connectivity index (χ4n) is 1.31. The lowest BCUT2D eigenvalue weighted by Crippen LogP contribution is -2.14. The molecule has 0 amide bonds. The number of nitrogens with one attached hydrogen (secondary N) is 2. The molecule has 0 bridgehead atoms. The summed E-state index contributed by atoms with van der Waals surface area (Å²) in [5.74, 6) is 0. The Morgan fingerprint density at radius 1 is 0.833 bits per heavy atom. The van der Waals surface area contributed by atoms with Crippen LogP contribution in [0, 0.1) is 13.8 Å². The minimum atomic E-state index is -4.40. The van der Waals surface area contributed by atoms with Crippen molar-refractivity contribution in [3.63, 3.8) is 0 Å². The predicted molar refractivity (Wildman–Crippen MR) is 66.3 cm³/mol. The van der Waals surface area contributed by atoms with E-state index in [-0.39, 0.29) is 11.4 Å². The summed E-state index contributed by atoms with van der Waals surface area (Å²) in [4.78, 5) is 0. The first-order valence-corrected chi connectivity index (χ1v) is 7.47. The molecule has 0 aliphatic heterocycles. The number of benzene rings is 1. The zero-order valence-corrected chi connectivity index (χ0v) is 11.1. The van der Waals surface area contributed by atoms with Crippen molar-refractivity contribution in [2.75, 3.05) is 9.44 Å². The molecule has 102 valence electrons. The number of rotatable bonds is 4. The molecule has 0 aliphatic carbocycles. The smallest absolute Gasteiger partial charge is 0.269 e. The van der Waals surface area contributed by atoms with Crippen LogP contribution in [0.25, 0.3) is 0 Å². The quantitative estimate of drug-likeness (QED) is 0.605. The molecule has 0 fully saturated rings. The van der Waals surface area contributed by atoms with Crippen molar-refractivity contribution in [1.29, 1.82) is 0 Å². The van der Waals surface area contributed by atoms with Crippen LogP contribution in [-0.4, -0.2) is 25.9 Å². The summed E-state index contributed by atoms with van der Waals surface area (Å²) in [6.45, 7) is 3.00. The highest BCUT2D eigenvalue weighted by Crippen LogP contribution is 2.25. The van der Waals surface area contributed by atoms with Crippen LogP contribution >= 0.6 is 0 Å². The zero-order chi connectivity index (χ0) is 14.1. The van der Waals surface area contributed by atoms with Crippen molar-refractivity contribution >= 4 is 32.0 Å². The predicted octanol–water partition coefficient (Wildman–Crippen LogP) is 0.733. The number of aryl methyl sites for hydroxylation is 2. The Balaban J connectivity index is 3.20. The van der Waals surface area contributed by atoms with Crippen LogP contribution in [0.5, 0.6) is 0 Å². The summed E-state index contributed by atoms with van der Waals surface area (Å²) < 4.78 is 63.7. The van der Waals surface area contributed by atoms with Crippen LogP contribution in [0.1, 0.15) is 11.1 Å². The van der Waals surface area contributed by atoms with E-state index in [9.17, 15) is 16.8 Å². The van der Waals surface area contributed by atoms with Gasteiger partial charge < -0.3 is 0 Å². The first kappa shape index (κ1) is 14.7. The van der Waals surface area contributed by atoms with Gasteiger partial charge in [0.15, 0.2) is 0 Å². The van der Waals surface area contributed by atoms with Gasteiger partial charge in [-0.2, -0.15) is 16.8 Å². The molecular weight excluding hydrogens is 284 g/mol. The van der Waals surface area contributed by atoms with E-state index < -0.39 is 20.6 Å². The second kappa shape index (κ2) is 4.72. The molecule has 18 heavy (non-hydrogen) atoms. The summed E-state index contributed by atoms with van der Waals surface area (Å²) in [5, 5.41) is 0. The second-order valence-electron chi connectivity index (χ2n) is 3.64. The summed E-state index contributed by atoms with van der Waals surface area (Å²) in [6, 6.07) is 2.63. The largest absolute Gasteiger partial charge is 0.357 e. The van der Waals surface area contributed by atoms with Crippen molar-refractivity contribution < 1.29 is 25.9 Å². The van der Waals surface area contributed by atoms with Crippen LogP contribution in [0.4, 0.5) is 11.4 Å². The van der Waals surface area contributed by atoms with Gasteiger partial charge in [0, 0.05) is 0 Å². The molecule has 0 saturated heterocycles. The SMILES string of the molecule is Cc1cc(NS(=O)(=O)O)c(C)cc1NS(=O)(=O)O. The lowest BCUT2D eigenvalue weighted by molar-refractivity contribution is 0.487. The Morgan fingerprint density at radius 3 is 1.33 bits per heavy atom. The van der Waals surface area contributed by atoms with Gasteiger partial charge in [-0.25, -0.2) is 0 Å². The molecule has 1 rings (SSSR count). The second-order valence-corrected chi connectivity index (χ2v) is 5.94. The lowest BCUT2D eigenvalue weighted by Gasteiger charge is -2.12. The molecule has 0 saturated carbocycles. The fourth-order valence-corrected chi connectivity index (χ4v) is 2.31. The highest BCUT2D eigenvalue weighted by atomic mass is 32.2. The van der Waals surface area contributed by atoms with Gasteiger partial charge in [0.25, 0.3) is 0 Å². The number of hydrogen-bond acceptors (Lipinski definition) is 4. The van der Waals surface area contributed by atoms with Gasteiger partial charge in [0.05, 0.1) is 11.4 Å². The van der Waals surface area contributed by atoms with Gasteiger partial charge in [-0.15, -0.1) is 0 Å². The van der Waals surface area contributed by atoms with Crippen LogP contribution in [-0.2, 0) is 20.6 Å². The Hall–Kier alpha value is -1.36. The van der Waals surface area contributed by atoms with E-state index in [1.165, 1.54) is 26.0 Å². The molecule has 4 N–H and O–H groups in total. The van der Waals surface area contributed by atoms with Crippen molar-refractivity contribution in [1.82, 2.24) is 0 Å². The van der Waals surface area contributed by atoms with Gasteiger partial charge in [0.1, 0.15) is 0 Å². The molecule has 1 aromatic carbocycles. The molecule has 0 aromatic heterocycles. The fraction of sp³-hybridized carbons (Fsp3) is 0.250. The Bertz CT molecular complexity index is 605. The van der Waals surface area contributed by atoms with E-state index in [1.54, 1.807) is 0 Å². The van der Waals surface area contributed by atoms with Gasteiger partial charge in [-0.3, -0.25) is 18.5 Å². The molecule has 0 unspecified atom stereocenters. The maximum Gasteiger partial charge on any atom is 0.357 e. The van der Waals surface area contributed by atoms with Crippen LogP contribution in [0.2, 0.25) is 0 Å². The van der Waals surface area contributed by atoms with Crippen LogP contribution < -0.4 is 9.44 Å². The highest BCUT2D eigenvalue weighted by molar-refractivity contribution is 7.87. The van der Waals surface area contributed by atoms with E-state index in [2.05, 4.69) is 0 Å². The van der Waals surface area contributed by atoms with Crippen molar-refractivity contribution in [2.24, 2.45) is 0 Å². The third-order valence-corrected chi connectivity index (χ3v) is 3.00. The molecule has 0 aliphatic rings. The topological polar surface area (TPSA) is 133 Å². The average Bonchev–Trinajstić information content (AvgIpc) is 2.08. The van der Waals surface area contributed by atoms with Crippen molar-refractivity contribution in [2.45, 2.75) is 13.8 Å². The Labute approximate surface area is 105 Å². The van der Waals surface area contributed by atoms with Gasteiger partial charge in [-0.1, -0.05) is 0 Å². The summed E-state index contributed by atoms with van der Waals surface area (Å²) in [7, 11) is -8.80. The maximum absolute atomic E-state index is 10.7. The molecule has 0 spiro atoms. The minimum absolute atomic E-state index is 0.107. The van der Waals surface area contributed by atoms with E-state index in [1.807, 2.05) is 9.44 Å². The van der Waals surface area contributed by atoms with Crippen molar-refractivity contribution in [3.8, 4) is 0 Å². The van der Waals surface area contributed by atoms with E-state index in [0.717, 1.165) is 0 Å². The molecule has 0 atom stereocenters. The molecule has 1 aromatic rings.